The summed E-state index contributed by atoms with van der Waals surface area (Å²) >= 11 is 7.70. The molecule has 3 aromatic rings. The van der Waals surface area contributed by atoms with Crippen LogP contribution in [0.3, 0.4) is 0 Å². The number of benzene rings is 1. The van der Waals surface area contributed by atoms with Gasteiger partial charge in [-0.1, -0.05) is 18.0 Å². The summed E-state index contributed by atoms with van der Waals surface area (Å²) in [5.74, 6) is -0.640. The van der Waals surface area contributed by atoms with Crippen molar-refractivity contribution in [1.29, 1.82) is 0 Å². The van der Waals surface area contributed by atoms with Gasteiger partial charge < -0.3 is 10.3 Å². The molecule has 0 bridgehead atoms. The Morgan fingerprint density at radius 3 is 2.88 bits per heavy atom. The van der Waals surface area contributed by atoms with E-state index >= 15 is 0 Å². The number of carbonyl (C=O) groups excluding carboxylic acids is 1. The fourth-order valence-electron chi connectivity index (χ4n) is 3.55. The predicted octanol–water partition coefficient (Wildman–Crippen LogP) is 5.85. The van der Waals surface area contributed by atoms with Crippen molar-refractivity contribution in [3.8, 4) is 0 Å². The van der Waals surface area contributed by atoms with E-state index in [1.54, 1.807) is 11.3 Å². The third kappa shape index (κ3) is 2.96. The molecular weight excluding hydrogens is 359 g/mol. The van der Waals surface area contributed by atoms with Crippen molar-refractivity contribution < 1.29 is 9.18 Å². The molecule has 0 atom stereocenters. The van der Waals surface area contributed by atoms with Gasteiger partial charge in [-0.2, -0.15) is 0 Å². The van der Waals surface area contributed by atoms with Gasteiger partial charge in [-0.3, -0.25) is 4.79 Å². The van der Waals surface area contributed by atoms with Gasteiger partial charge in [0.2, 0.25) is 0 Å². The van der Waals surface area contributed by atoms with Crippen molar-refractivity contribution in [1.82, 2.24) is 4.98 Å². The van der Waals surface area contributed by atoms with Crippen LogP contribution in [0.4, 0.5) is 10.1 Å². The Hall–Kier alpha value is -1.85. The Labute approximate surface area is 154 Å². The fourth-order valence-corrected chi connectivity index (χ4v) is 4.97. The lowest BCUT2D eigenvalue weighted by Gasteiger charge is -2.07. The number of H-pyrrole nitrogens is 1. The van der Waals surface area contributed by atoms with Gasteiger partial charge in [0.25, 0.3) is 5.91 Å². The topological polar surface area (TPSA) is 44.9 Å². The molecule has 0 fully saturated rings. The molecule has 3 nitrogen and oxygen atoms in total. The van der Waals surface area contributed by atoms with Crippen LogP contribution in [0.5, 0.6) is 0 Å². The van der Waals surface area contributed by atoms with E-state index in [4.69, 9.17) is 11.6 Å². The quantitative estimate of drug-likeness (QED) is 0.541. The van der Waals surface area contributed by atoms with Crippen LogP contribution in [0, 0.1) is 12.7 Å². The molecule has 6 heteroatoms. The highest BCUT2D eigenvalue weighted by Gasteiger charge is 2.24. The number of anilines is 1. The average molecular weight is 377 g/mol. The van der Waals surface area contributed by atoms with Gasteiger partial charge in [0, 0.05) is 10.6 Å². The van der Waals surface area contributed by atoms with Gasteiger partial charge in [-0.05, 0) is 56.4 Å². The first-order chi connectivity index (χ1) is 12.0. The number of halogens is 2. The smallest absolute Gasteiger partial charge is 0.258 e. The van der Waals surface area contributed by atoms with E-state index in [9.17, 15) is 9.18 Å². The Balaban J connectivity index is 1.73. The molecule has 1 aliphatic carbocycles. The second-order valence-corrected chi connectivity index (χ2v) is 8.09. The van der Waals surface area contributed by atoms with Gasteiger partial charge in [-0.15, -0.1) is 11.3 Å². The zero-order valence-electron chi connectivity index (χ0n) is 13.8. The van der Waals surface area contributed by atoms with E-state index in [1.807, 2.05) is 6.92 Å². The van der Waals surface area contributed by atoms with Crippen molar-refractivity contribution in [3.63, 3.8) is 0 Å². The Bertz CT molecular complexity index is 976. The zero-order chi connectivity index (χ0) is 17.6. The molecule has 130 valence electrons. The molecular formula is C19H18ClFN2OS. The van der Waals surface area contributed by atoms with Crippen LogP contribution in [0.15, 0.2) is 18.2 Å². The second-order valence-electron chi connectivity index (χ2n) is 6.46. The molecule has 4 rings (SSSR count). The first kappa shape index (κ1) is 16.6. The number of aromatic amines is 1. The predicted molar refractivity (Wildman–Crippen MR) is 102 cm³/mol. The lowest BCUT2D eigenvalue weighted by Crippen LogP contribution is -2.13. The first-order valence-corrected chi connectivity index (χ1v) is 9.63. The van der Waals surface area contributed by atoms with Crippen LogP contribution >= 0.6 is 22.9 Å². The second kappa shape index (κ2) is 6.46. The maximum atomic E-state index is 13.2. The number of thiophene rings is 1. The summed E-state index contributed by atoms with van der Waals surface area (Å²) in [6, 6.07) is 3.97. The number of aromatic nitrogens is 1. The summed E-state index contributed by atoms with van der Waals surface area (Å²) in [5.41, 5.74) is 4.64. The molecule has 0 radical (unpaired) electrons. The van der Waals surface area contributed by atoms with Crippen LogP contribution in [-0.2, 0) is 12.8 Å². The normalized spacial score (nSPS) is 14.4. The molecule has 25 heavy (non-hydrogen) atoms. The maximum absolute atomic E-state index is 13.2. The van der Waals surface area contributed by atoms with Gasteiger partial charge in [0.05, 0.1) is 26.5 Å². The van der Waals surface area contributed by atoms with Crippen molar-refractivity contribution in [2.45, 2.75) is 39.0 Å². The molecule has 2 aromatic heterocycles. The number of rotatable bonds is 2. The van der Waals surface area contributed by atoms with Gasteiger partial charge in [0.1, 0.15) is 5.82 Å². The highest BCUT2D eigenvalue weighted by atomic mass is 35.5. The number of fused-ring (bicyclic) bond motifs is 3. The van der Waals surface area contributed by atoms with Crippen molar-refractivity contribution in [3.05, 3.63) is 50.7 Å². The number of aryl methyl sites for hydroxylation is 3. The monoisotopic (exact) mass is 376 g/mol. The van der Waals surface area contributed by atoms with E-state index in [0.717, 1.165) is 23.2 Å². The minimum Gasteiger partial charge on any atom is -0.357 e. The summed E-state index contributed by atoms with van der Waals surface area (Å²) in [6.45, 7) is 1.96. The molecule has 2 heterocycles. The highest BCUT2D eigenvalue weighted by Crippen LogP contribution is 2.38. The molecule has 0 unspecified atom stereocenters. The first-order valence-electron chi connectivity index (χ1n) is 8.44. The Kier molecular flexibility index (Phi) is 4.29. The largest absolute Gasteiger partial charge is 0.357 e. The molecule has 0 spiro atoms. The van der Waals surface area contributed by atoms with Gasteiger partial charge >= 0.3 is 0 Å². The van der Waals surface area contributed by atoms with Crippen molar-refractivity contribution in [2.75, 3.05) is 5.32 Å². The van der Waals surface area contributed by atoms with E-state index in [-0.39, 0.29) is 10.9 Å². The fraction of sp³-hybridized carbons (Fsp3) is 0.316. The van der Waals surface area contributed by atoms with Crippen LogP contribution in [0.25, 0.3) is 10.2 Å². The Morgan fingerprint density at radius 1 is 1.28 bits per heavy atom. The summed E-state index contributed by atoms with van der Waals surface area (Å²) in [7, 11) is 0. The number of hydrogen-bond donors (Lipinski definition) is 2. The van der Waals surface area contributed by atoms with Crippen molar-refractivity contribution in [2.24, 2.45) is 0 Å². The molecule has 2 N–H and O–H groups in total. The zero-order valence-corrected chi connectivity index (χ0v) is 15.4. The van der Waals surface area contributed by atoms with Crippen molar-refractivity contribution >= 4 is 44.7 Å². The lowest BCUT2D eigenvalue weighted by molar-refractivity contribution is 0.102. The summed E-state index contributed by atoms with van der Waals surface area (Å²) in [6.07, 6.45) is 5.75. The van der Waals surface area contributed by atoms with Crippen LogP contribution < -0.4 is 5.32 Å². The molecule has 1 aliphatic rings. The van der Waals surface area contributed by atoms with Crippen LogP contribution in [0.1, 0.15) is 45.8 Å². The van der Waals surface area contributed by atoms with Gasteiger partial charge in [0.15, 0.2) is 0 Å². The van der Waals surface area contributed by atoms with E-state index < -0.39 is 5.82 Å². The number of amides is 1. The van der Waals surface area contributed by atoms with E-state index in [0.29, 0.717) is 11.3 Å². The van der Waals surface area contributed by atoms with Gasteiger partial charge in [-0.25, -0.2) is 4.39 Å². The molecule has 1 amide bonds. The molecule has 0 saturated heterocycles. The van der Waals surface area contributed by atoms with Crippen LogP contribution in [0.2, 0.25) is 5.02 Å². The number of carbonyl (C=O) groups is 1. The molecule has 0 aliphatic heterocycles. The summed E-state index contributed by atoms with van der Waals surface area (Å²) in [4.78, 5) is 17.3. The minimum atomic E-state index is -0.426. The number of hydrogen-bond acceptors (Lipinski definition) is 2. The SMILES string of the molecule is Cc1sc2c3c([nH]c2c1C(=O)Nc1ccc(F)cc1Cl)CCCCC3. The van der Waals surface area contributed by atoms with E-state index in [1.165, 1.54) is 53.4 Å². The lowest BCUT2D eigenvalue weighted by atomic mass is 10.1. The maximum Gasteiger partial charge on any atom is 0.258 e. The summed E-state index contributed by atoms with van der Waals surface area (Å²) < 4.78 is 14.4. The minimum absolute atomic E-state index is 0.194. The molecule has 0 saturated carbocycles. The molecule has 1 aromatic carbocycles. The standard InChI is InChI=1S/C19H18ClFN2OS/c1-10-16(19(24)23-15-8-7-11(21)9-13(15)20)17-18(25-10)12-5-3-2-4-6-14(12)22-17/h7-9,22H,2-6H2,1H3,(H,23,24). The average Bonchev–Trinajstić information content (AvgIpc) is 2.94. The van der Waals surface area contributed by atoms with E-state index in [2.05, 4.69) is 10.3 Å². The highest BCUT2D eigenvalue weighted by molar-refractivity contribution is 7.19. The third-order valence-electron chi connectivity index (χ3n) is 4.76. The summed E-state index contributed by atoms with van der Waals surface area (Å²) in [5, 5.41) is 3.01. The Morgan fingerprint density at radius 2 is 2.08 bits per heavy atom. The third-order valence-corrected chi connectivity index (χ3v) is 6.24. The van der Waals surface area contributed by atoms with Crippen LogP contribution in [-0.4, -0.2) is 10.9 Å². The number of nitrogens with one attached hydrogen (secondary N) is 2.